The van der Waals surface area contributed by atoms with Crippen LogP contribution >= 0.6 is 22.9 Å². The monoisotopic (exact) mass is 248 g/mol. The van der Waals surface area contributed by atoms with E-state index in [0.717, 1.165) is 37.7 Å². The smallest absolute Gasteiger partial charge is 0.184 e. The Morgan fingerprint density at radius 1 is 1.47 bits per heavy atom. The standard InChI is InChI=1S/C10H17ClN2OS/c1-2-3-6-14-7-4-5-12-10-13-9(11)8-15-10/h8H,2-7H2,1H3,(H,12,13). The molecule has 0 aliphatic rings. The molecule has 1 aromatic heterocycles. The number of thiazole rings is 1. The van der Waals surface area contributed by atoms with Crippen molar-refractivity contribution in [2.45, 2.75) is 26.2 Å². The summed E-state index contributed by atoms with van der Waals surface area (Å²) in [6.45, 7) is 4.73. The van der Waals surface area contributed by atoms with Gasteiger partial charge < -0.3 is 10.1 Å². The van der Waals surface area contributed by atoms with Crippen LogP contribution in [0.25, 0.3) is 0 Å². The lowest BCUT2D eigenvalue weighted by molar-refractivity contribution is 0.131. The fourth-order valence-corrected chi connectivity index (χ4v) is 1.92. The van der Waals surface area contributed by atoms with Crippen LogP contribution in [0.5, 0.6) is 0 Å². The highest BCUT2D eigenvalue weighted by molar-refractivity contribution is 7.14. The predicted octanol–water partition coefficient (Wildman–Crippen LogP) is 3.42. The summed E-state index contributed by atoms with van der Waals surface area (Å²) in [6, 6.07) is 0. The molecule has 0 aliphatic heterocycles. The van der Waals surface area contributed by atoms with Gasteiger partial charge in [0.1, 0.15) is 5.15 Å². The van der Waals surface area contributed by atoms with Gasteiger partial charge in [0.25, 0.3) is 0 Å². The van der Waals surface area contributed by atoms with Gasteiger partial charge in [-0.25, -0.2) is 4.98 Å². The summed E-state index contributed by atoms with van der Waals surface area (Å²) in [6.07, 6.45) is 3.34. The van der Waals surface area contributed by atoms with Gasteiger partial charge in [-0.2, -0.15) is 0 Å². The SMILES string of the molecule is CCCCOCCCNc1nc(Cl)cs1. The Balaban J connectivity index is 1.93. The van der Waals surface area contributed by atoms with Gasteiger partial charge in [-0.05, 0) is 12.8 Å². The first-order valence-electron chi connectivity index (χ1n) is 5.25. The summed E-state index contributed by atoms with van der Waals surface area (Å²) in [4.78, 5) is 4.09. The summed E-state index contributed by atoms with van der Waals surface area (Å²) in [5, 5.41) is 6.46. The van der Waals surface area contributed by atoms with Crippen molar-refractivity contribution < 1.29 is 4.74 Å². The highest BCUT2D eigenvalue weighted by Crippen LogP contribution is 2.18. The lowest BCUT2D eigenvalue weighted by Gasteiger charge is -2.03. The fraction of sp³-hybridized carbons (Fsp3) is 0.700. The maximum atomic E-state index is 5.69. The molecule has 15 heavy (non-hydrogen) atoms. The van der Waals surface area contributed by atoms with Crippen molar-refractivity contribution in [1.82, 2.24) is 4.98 Å². The van der Waals surface area contributed by atoms with Gasteiger partial charge in [0.2, 0.25) is 0 Å². The van der Waals surface area contributed by atoms with Crippen molar-refractivity contribution in [3.8, 4) is 0 Å². The molecule has 3 nitrogen and oxygen atoms in total. The summed E-state index contributed by atoms with van der Waals surface area (Å²) in [5.41, 5.74) is 0. The molecule has 1 N–H and O–H groups in total. The number of unbranched alkanes of at least 4 members (excludes halogenated alkanes) is 1. The van der Waals surface area contributed by atoms with E-state index >= 15 is 0 Å². The lowest BCUT2D eigenvalue weighted by Crippen LogP contribution is -2.06. The Kier molecular flexibility index (Phi) is 6.72. The van der Waals surface area contributed by atoms with Gasteiger partial charge >= 0.3 is 0 Å². The first kappa shape index (κ1) is 12.7. The molecule has 1 heterocycles. The zero-order valence-electron chi connectivity index (χ0n) is 8.96. The second-order valence-electron chi connectivity index (χ2n) is 3.22. The number of anilines is 1. The predicted molar refractivity (Wildman–Crippen MR) is 66.0 cm³/mol. The van der Waals surface area contributed by atoms with E-state index in [4.69, 9.17) is 16.3 Å². The van der Waals surface area contributed by atoms with Crippen molar-refractivity contribution >= 4 is 28.1 Å². The number of rotatable bonds is 8. The van der Waals surface area contributed by atoms with E-state index in [-0.39, 0.29) is 0 Å². The highest BCUT2D eigenvalue weighted by atomic mass is 35.5. The zero-order valence-corrected chi connectivity index (χ0v) is 10.5. The molecule has 0 saturated heterocycles. The van der Waals surface area contributed by atoms with Gasteiger partial charge in [-0.3, -0.25) is 0 Å². The number of halogens is 1. The molecule has 0 radical (unpaired) electrons. The van der Waals surface area contributed by atoms with Gasteiger partial charge in [0.05, 0.1) is 0 Å². The molecule has 1 aromatic rings. The zero-order chi connectivity index (χ0) is 10.9. The number of ether oxygens (including phenoxy) is 1. The van der Waals surface area contributed by atoms with Gasteiger partial charge in [0.15, 0.2) is 5.13 Å². The molecular formula is C10H17ClN2OS. The highest BCUT2D eigenvalue weighted by Gasteiger charge is 1.97. The lowest BCUT2D eigenvalue weighted by atomic mass is 10.4. The van der Waals surface area contributed by atoms with E-state index in [9.17, 15) is 0 Å². The van der Waals surface area contributed by atoms with E-state index in [0.29, 0.717) is 5.15 Å². The van der Waals surface area contributed by atoms with Gasteiger partial charge in [0, 0.05) is 25.1 Å². The Morgan fingerprint density at radius 3 is 2.93 bits per heavy atom. The van der Waals surface area contributed by atoms with Crippen LogP contribution < -0.4 is 5.32 Å². The van der Waals surface area contributed by atoms with Crippen molar-refractivity contribution in [2.24, 2.45) is 0 Å². The molecule has 0 atom stereocenters. The molecule has 1 rings (SSSR count). The van der Waals surface area contributed by atoms with Gasteiger partial charge in [-0.1, -0.05) is 24.9 Å². The number of nitrogens with zero attached hydrogens (tertiary/aromatic N) is 1. The van der Waals surface area contributed by atoms with Crippen molar-refractivity contribution in [1.29, 1.82) is 0 Å². The van der Waals surface area contributed by atoms with Crippen LogP contribution in [-0.4, -0.2) is 24.7 Å². The molecule has 0 unspecified atom stereocenters. The summed E-state index contributed by atoms with van der Waals surface area (Å²) in [7, 11) is 0. The molecule has 5 heteroatoms. The van der Waals surface area contributed by atoms with E-state index in [2.05, 4.69) is 17.2 Å². The van der Waals surface area contributed by atoms with E-state index in [1.54, 1.807) is 0 Å². The second-order valence-corrected chi connectivity index (χ2v) is 4.47. The molecular weight excluding hydrogens is 232 g/mol. The molecule has 0 aromatic carbocycles. The summed E-state index contributed by atoms with van der Waals surface area (Å²) in [5.74, 6) is 0. The van der Waals surface area contributed by atoms with Crippen LogP contribution in [0.3, 0.4) is 0 Å². The van der Waals surface area contributed by atoms with E-state index in [1.165, 1.54) is 17.8 Å². The maximum Gasteiger partial charge on any atom is 0.184 e. The molecule has 0 spiro atoms. The number of aromatic nitrogens is 1. The largest absolute Gasteiger partial charge is 0.381 e. The number of nitrogens with one attached hydrogen (secondary N) is 1. The van der Waals surface area contributed by atoms with Crippen LogP contribution in [-0.2, 0) is 4.74 Å². The molecule has 0 aliphatic carbocycles. The number of hydrogen-bond acceptors (Lipinski definition) is 4. The van der Waals surface area contributed by atoms with Crippen LogP contribution in [0, 0.1) is 0 Å². The third-order valence-corrected chi connectivity index (χ3v) is 2.98. The topological polar surface area (TPSA) is 34.1 Å². The molecule has 0 fully saturated rings. The minimum atomic E-state index is 0.557. The first-order valence-corrected chi connectivity index (χ1v) is 6.51. The summed E-state index contributed by atoms with van der Waals surface area (Å²) >= 11 is 7.22. The Morgan fingerprint density at radius 2 is 2.27 bits per heavy atom. The Hall–Kier alpha value is -0.320. The maximum absolute atomic E-state index is 5.69. The van der Waals surface area contributed by atoms with E-state index in [1.807, 2.05) is 5.38 Å². The van der Waals surface area contributed by atoms with Crippen LogP contribution in [0.15, 0.2) is 5.38 Å². The second kappa shape index (κ2) is 7.91. The van der Waals surface area contributed by atoms with E-state index < -0.39 is 0 Å². The van der Waals surface area contributed by atoms with Crippen molar-refractivity contribution in [3.63, 3.8) is 0 Å². The Labute approximate surface area is 99.8 Å². The molecule has 86 valence electrons. The molecule has 0 amide bonds. The first-order chi connectivity index (χ1) is 7.33. The third kappa shape index (κ3) is 5.97. The van der Waals surface area contributed by atoms with Crippen LogP contribution in [0.2, 0.25) is 5.15 Å². The number of hydrogen-bond donors (Lipinski definition) is 1. The molecule has 0 bridgehead atoms. The minimum absolute atomic E-state index is 0.557. The van der Waals surface area contributed by atoms with Crippen molar-refractivity contribution in [3.05, 3.63) is 10.5 Å². The Bertz CT molecular complexity index is 268. The average molecular weight is 249 g/mol. The average Bonchev–Trinajstić information content (AvgIpc) is 2.63. The molecule has 0 saturated carbocycles. The van der Waals surface area contributed by atoms with Gasteiger partial charge in [-0.15, -0.1) is 11.3 Å². The fourth-order valence-electron chi connectivity index (χ4n) is 1.05. The summed E-state index contributed by atoms with van der Waals surface area (Å²) < 4.78 is 5.43. The van der Waals surface area contributed by atoms with Crippen LogP contribution in [0.1, 0.15) is 26.2 Å². The quantitative estimate of drug-likeness (QED) is 0.716. The minimum Gasteiger partial charge on any atom is -0.381 e. The van der Waals surface area contributed by atoms with Crippen LogP contribution in [0.4, 0.5) is 5.13 Å². The third-order valence-electron chi connectivity index (χ3n) is 1.86. The van der Waals surface area contributed by atoms with Crippen molar-refractivity contribution in [2.75, 3.05) is 25.1 Å². The normalized spacial score (nSPS) is 10.5.